The molecule has 1 fully saturated rings. The topological polar surface area (TPSA) is 90.0 Å². The van der Waals surface area contributed by atoms with Crippen molar-refractivity contribution >= 4 is 18.3 Å². The summed E-state index contributed by atoms with van der Waals surface area (Å²) in [6.45, 7) is 1.61. The van der Waals surface area contributed by atoms with Gasteiger partial charge >= 0.3 is 5.97 Å². The van der Waals surface area contributed by atoms with E-state index in [0.717, 1.165) is 25.7 Å². The van der Waals surface area contributed by atoms with Crippen LogP contribution in [0.4, 0.5) is 0 Å². The summed E-state index contributed by atoms with van der Waals surface area (Å²) in [5.41, 5.74) is -1.21. The van der Waals surface area contributed by atoms with Crippen LogP contribution < -0.4 is 5.32 Å². The number of aliphatic carboxylic acids is 1. The molecule has 0 bridgehead atoms. The molecule has 7 heteroatoms. The Morgan fingerprint density at radius 3 is 2.32 bits per heavy atom. The Labute approximate surface area is 131 Å². The Kier molecular flexibility index (Phi) is 6.80. The quantitative estimate of drug-likeness (QED) is 0.515. The molecule has 22 heavy (non-hydrogen) atoms. The van der Waals surface area contributed by atoms with Gasteiger partial charge < -0.3 is 10.4 Å². The third-order valence-corrected chi connectivity index (χ3v) is 4.29. The summed E-state index contributed by atoms with van der Waals surface area (Å²) in [6, 6.07) is 0.112. The molecule has 126 valence electrons. The van der Waals surface area contributed by atoms with Gasteiger partial charge in [-0.05, 0) is 26.2 Å². The average molecular weight is 313 g/mol. The second-order valence-corrected chi connectivity index (χ2v) is 6.27. The van der Waals surface area contributed by atoms with Gasteiger partial charge in [0.1, 0.15) is 5.54 Å². The number of hydrogen-bond acceptors (Lipinski definition) is 4. The van der Waals surface area contributed by atoms with Crippen LogP contribution in [0.3, 0.4) is 0 Å². The molecule has 0 aromatic rings. The smallest absolute Gasteiger partial charge is 0.303 e. The molecule has 1 saturated carbocycles. The number of carboxylic acids is 1. The van der Waals surface area contributed by atoms with E-state index in [0.29, 0.717) is 6.41 Å². The first-order valence-corrected chi connectivity index (χ1v) is 7.76. The van der Waals surface area contributed by atoms with Gasteiger partial charge in [-0.25, -0.2) is 5.01 Å². The molecule has 0 radical (unpaired) electrons. The van der Waals surface area contributed by atoms with Gasteiger partial charge in [0.2, 0.25) is 12.3 Å². The Balaban J connectivity index is 2.88. The molecule has 1 rings (SSSR count). The van der Waals surface area contributed by atoms with E-state index in [4.69, 9.17) is 5.11 Å². The molecule has 7 nitrogen and oxygen atoms in total. The maximum absolute atomic E-state index is 12.7. The largest absolute Gasteiger partial charge is 0.481 e. The molecule has 2 amide bonds. The van der Waals surface area contributed by atoms with Crippen LogP contribution in [0.1, 0.15) is 51.9 Å². The van der Waals surface area contributed by atoms with Crippen LogP contribution in [0.5, 0.6) is 0 Å². The van der Waals surface area contributed by atoms with Crippen molar-refractivity contribution in [2.75, 3.05) is 14.1 Å². The van der Waals surface area contributed by atoms with E-state index in [2.05, 4.69) is 5.32 Å². The lowest BCUT2D eigenvalue weighted by molar-refractivity contribution is -0.159. The van der Waals surface area contributed by atoms with E-state index in [-0.39, 0.29) is 24.8 Å². The predicted octanol–water partition coefficient (Wildman–Crippen LogP) is 0.994. The first-order chi connectivity index (χ1) is 10.3. The minimum atomic E-state index is -1.21. The second-order valence-electron chi connectivity index (χ2n) is 6.27. The summed E-state index contributed by atoms with van der Waals surface area (Å²) >= 11 is 0. The van der Waals surface area contributed by atoms with Crippen molar-refractivity contribution in [3.63, 3.8) is 0 Å². The molecule has 0 aliphatic heterocycles. The standard InChI is InChI=1S/C15H27N3O4/c1-15(10-9-13(20)21,18(11-19)17(2)3)14(22)16-12-7-5-4-6-8-12/h11-12H,4-10H2,1-3H3,(H,16,22)(H,20,21). The number of nitrogens with zero attached hydrogens (tertiary/aromatic N) is 2. The molecule has 0 saturated heterocycles. The van der Waals surface area contributed by atoms with Crippen molar-refractivity contribution in [1.29, 1.82) is 0 Å². The molecule has 0 aromatic carbocycles. The molecule has 1 atom stereocenters. The SMILES string of the molecule is CN(C)N(C=O)C(C)(CCC(=O)O)C(=O)NC1CCCCC1. The fourth-order valence-corrected chi connectivity index (χ4v) is 2.92. The van der Waals surface area contributed by atoms with Crippen LogP contribution in [0.15, 0.2) is 0 Å². The van der Waals surface area contributed by atoms with E-state index in [9.17, 15) is 14.4 Å². The Bertz CT molecular complexity index is 408. The van der Waals surface area contributed by atoms with Gasteiger partial charge in [0.15, 0.2) is 0 Å². The number of carbonyl (C=O) groups excluding carboxylic acids is 2. The number of carbonyl (C=O) groups is 3. The van der Waals surface area contributed by atoms with Crippen molar-refractivity contribution in [3.8, 4) is 0 Å². The van der Waals surface area contributed by atoms with Crippen LogP contribution in [0.25, 0.3) is 0 Å². The highest BCUT2D eigenvalue weighted by atomic mass is 16.4. The molecular formula is C15H27N3O4. The van der Waals surface area contributed by atoms with E-state index in [1.165, 1.54) is 16.4 Å². The monoisotopic (exact) mass is 313 g/mol. The summed E-state index contributed by atoms with van der Waals surface area (Å²) < 4.78 is 0. The van der Waals surface area contributed by atoms with Gasteiger partial charge in [-0.15, -0.1) is 0 Å². The second kappa shape index (κ2) is 8.12. The van der Waals surface area contributed by atoms with Crippen LogP contribution in [-0.4, -0.2) is 59.1 Å². The number of hydrogen-bond donors (Lipinski definition) is 2. The van der Waals surface area contributed by atoms with Gasteiger partial charge in [0, 0.05) is 26.6 Å². The van der Waals surface area contributed by atoms with Crippen LogP contribution >= 0.6 is 0 Å². The summed E-state index contributed by atoms with van der Waals surface area (Å²) in [7, 11) is 3.31. The van der Waals surface area contributed by atoms with E-state index in [1.807, 2.05) is 0 Å². The normalized spacial score (nSPS) is 18.5. The van der Waals surface area contributed by atoms with Crippen molar-refractivity contribution in [2.24, 2.45) is 0 Å². The maximum atomic E-state index is 12.7. The molecule has 0 heterocycles. The van der Waals surface area contributed by atoms with Crippen LogP contribution in [0, 0.1) is 0 Å². The third-order valence-electron chi connectivity index (χ3n) is 4.29. The van der Waals surface area contributed by atoms with Gasteiger partial charge in [-0.2, -0.15) is 0 Å². The van der Waals surface area contributed by atoms with E-state index >= 15 is 0 Å². The minimum absolute atomic E-state index is 0.0673. The number of hydrazine groups is 1. The Morgan fingerprint density at radius 2 is 1.86 bits per heavy atom. The molecule has 1 aliphatic rings. The highest BCUT2D eigenvalue weighted by molar-refractivity contribution is 5.88. The summed E-state index contributed by atoms with van der Waals surface area (Å²) in [6.07, 6.45) is 5.69. The number of nitrogens with one attached hydrogen (secondary N) is 1. The van der Waals surface area contributed by atoms with Crippen molar-refractivity contribution in [2.45, 2.75) is 63.5 Å². The average Bonchev–Trinajstić information content (AvgIpc) is 2.46. The minimum Gasteiger partial charge on any atom is -0.481 e. The lowest BCUT2D eigenvalue weighted by Crippen LogP contribution is -2.62. The first-order valence-electron chi connectivity index (χ1n) is 7.76. The van der Waals surface area contributed by atoms with Crippen LogP contribution in [0.2, 0.25) is 0 Å². The lowest BCUT2D eigenvalue weighted by Gasteiger charge is -2.41. The Morgan fingerprint density at radius 1 is 1.27 bits per heavy atom. The molecular weight excluding hydrogens is 286 g/mol. The van der Waals surface area contributed by atoms with Gasteiger partial charge in [-0.1, -0.05) is 19.3 Å². The number of amides is 2. The van der Waals surface area contributed by atoms with Crippen molar-refractivity contribution in [1.82, 2.24) is 15.3 Å². The van der Waals surface area contributed by atoms with E-state index < -0.39 is 11.5 Å². The zero-order chi connectivity index (χ0) is 16.8. The van der Waals surface area contributed by atoms with Crippen LogP contribution in [-0.2, 0) is 14.4 Å². The summed E-state index contributed by atoms with van der Waals surface area (Å²) in [4.78, 5) is 35.0. The lowest BCUT2D eigenvalue weighted by atomic mass is 9.91. The summed E-state index contributed by atoms with van der Waals surface area (Å²) in [5.74, 6) is -1.28. The van der Waals surface area contributed by atoms with Gasteiger partial charge in [-0.3, -0.25) is 19.4 Å². The Hall–Kier alpha value is -1.63. The van der Waals surface area contributed by atoms with Crippen molar-refractivity contribution < 1.29 is 19.5 Å². The van der Waals surface area contributed by atoms with Gasteiger partial charge in [0.25, 0.3) is 0 Å². The highest BCUT2D eigenvalue weighted by Crippen LogP contribution is 2.24. The molecule has 1 aliphatic carbocycles. The summed E-state index contributed by atoms with van der Waals surface area (Å²) in [5, 5.41) is 14.7. The number of rotatable bonds is 8. The highest BCUT2D eigenvalue weighted by Gasteiger charge is 2.41. The molecule has 0 spiro atoms. The number of carboxylic acid groups (broad SMARTS) is 1. The predicted molar refractivity (Wildman–Crippen MR) is 81.9 cm³/mol. The first kappa shape index (κ1) is 18.4. The molecule has 2 N–H and O–H groups in total. The third kappa shape index (κ3) is 4.69. The van der Waals surface area contributed by atoms with Crippen molar-refractivity contribution in [3.05, 3.63) is 0 Å². The van der Waals surface area contributed by atoms with E-state index in [1.54, 1.807) is 21.0 Å². The molecule has 0 aromatic heterocycles. The zero-order valence-electron chi connectivity index (χ0n) is 13.7. The molecule has 1 unspecified atom stereocenters. The maximum Gasteiger partial charge on any atom is 0.303 e. The fraction of sp³-hybridized carbons (Fsp3) is 0.800. The van der Waals surface area contributed by atoms with Gasteiger partial charge in [0.05, 0.1) is 0 Å². The fourth-order valence-electron chi connectivity index (χ4n) is 2.92. The zero-order valence-corrected chi connectivity index (χ0v) is 13.7.